The van der Waals surface area contributed by atoms with Gasteiger partial charge in [-0.2, -0.15) is 5.10 Å². The van der Waals surface area contributed by atoms with E-state index in [0.717, 1.165) is 25.2 Å². The fraction of sp³-hybridized carbons (Fsp3) is 0.385. The Hall–Kier alpha value is -2.02. The molecule has 2 aromatic heterocycles. The Morgan fingerprint density at radius 3 is 2.75 bits per heavy atom. The maximum atomic E-state index is 5.61. The van der Waals surface area contributed by atoms with E-state index < -0.39 is 0 Å². The molecule has 0 saturated carbocycles. The van der Waals surface area contributed by atoms with E-state index >= 15 is 0 Å². The van der Waals surface area contributed by atoms with Crippen molar-refractivity contribution in [1.29, 1.82) is 0 Å². The molecule has 3 N–H and O–H groups in total. The summed E-state index contributed by atoms with van der Waals surface area (Å²) in [4.78, 5) is 8.58. The summed E-state index contributed by atoms with van der Waals surface area (Å²) in [5.74, 6) is 0.633. The number of nitrogens with two attached hydrogens (primary N) is 1. The molecule has 0 aliphatic carbocycles. The van der Waals surface area contributed by atoms with Crippen LogP contribution < -0.4 is 11.1 Å². The molecule has 0 atom stereocenters. The molecular weight excluding hydrogens is 272 g/mol. The van der Waals surface area contributed by atoms with Gasteiger partial charge in [0, 0.05) is 31.2 Å². The minimum Gasteiger partial charge on any atom is -0.388 e. The summed E-state index contributed by atoms with van der Waals surface area (Å²) in [6.45, 7) is 5.67. The summed E-state index contributed by atoms with van der Waals surface area (Å²) >= 11 is 4.95. The van der Waals surface area contributed by atoms with Crippen LogP contribution in [-0.2, 0) is 6.54 Å². The highest BCUT2D eigenvalue weighted by atomic mass is 32.1. The van der Waals surface area contributed by atoms with Crippen molar-refractivity contribution in [2.45, 2.75) is 26.8 Å². The van der Waals surface area contributed by atoms with Gasteiger partial charge >= 0.3 is 0 Å². The van der Waals surface area contributed by atoms with Crippen molar-refractivity contribution in [2.24, 2.45) is 5.73 Å². The van der Waals surface area contributed by atoms with E-state index in [4.69, 9.17) is 18.0 Å². The molecule has 2 heterocycles. The summed E-state index contributed by atoms with van der Waals surface area (Å²) in [6.07, 6.45) is 4.12. The molecule has 2 rings (SSSR count). The molecule has 7 heteroatoms. The predicted molar refractivity (Wildman–Crippen MR) is 82.7 cm³/mol. The molecule has 0 aromatic carbocycles. The Bertz CT molecular complexity index is 607. The second-order valence-electron chi connectivity index (χ2n) is 4.55. The lowest BCUT2D eigenvalue weighted by molar-refractivity contribution is 0.573. The number of hydrogen-bond acceptors (Lipinski definition) is 5. The highest BCUT2D eigenvalue weighted by Gasteiger charge is 2.07. The van der Waals surface area contributed by atoms with E-state index in [2.05, 4.69) is 33.4 Å². The normalized spacial score (nSPS) is 10.5. The molecule has 6 nitrogen and oxygen atoms in total. The molecule has 0 unspecified atom stereocenters. The average molecular weight is 290 g/mol. The first-order chi connectivity index (χ1) is 9.58. The van der Waals surface area contributed by atoms with E-state index in [1.165, 1.54) is 5.69 Å². The zero-order chi connectivity index (χ0) is 14.5. The Balaban J connectivity index is 1.88. The zero-order valence-corrected chi connectivity index (χ0v) is 12.4. The third-order valence-electron chi connectivity index (χ3n) is 2.87. The van der Waals surface area contributed by atoms with Crippen LogP contribution in [0.5, 0.6) is 0 Å². The van der Waals surface area contributed by atoms with Crippen molar-refractivity contribution in [2.75, 3.05) is 11.9 Å². The van der Waals surface area contributed by atoms with Crippen LogP contribution in [0.1, 0.15) is 23.5 Å². The average Bonchev–Trinajstić information content (AvgIpc) is 2.73. The lowest BCUT2D eigenvalue weighted by Crippen LogP contribution is -2.17. The Morgan fingerprint density at radius 1 is 1.35 bits per heavy atom. The van der Waals surface area contributed by atoms with Crippen LogP contribution in [0.15, 0.2) is 18.5 Å². The van der Waals surface area contributed by atoms with Gasteiger partial charge in [0.05, 0.1) is 5.69 Å². The maximum Gasteiger partial charge on any atom is 0.155 e. The molecule has 0 aliphatic heterocycles. The third kappa shape index (κ3) is 3.51. The fourth-order valence-corrected chi connectivity index (χ4v) is 2.13. The quantitative estimate of drug-likeness (QED) is 0.618. The van der Waals surface area contributed by atoms with Crippen LogP contribution in [0.3, 0.4) is 0 Å². The van der Waals surface area contributed by atoms with Crippen LogP contribution >= 0.6 is 12.2 Å². The van der Waals surface area contributed by atoms with Gasteiger partial charge in [0.15, 0.2) is 5.82 Å². The van der Waals surface area contributed by atoms with Gasteiger partial charge in [0.2, 0.25) is 0 Å². The molecule has 0 saturated heterocycles. The first-order valence-corrected chi connectivity index (χ1v) is 6.84. The van der Waals surface area contributed by atoms with Crippen molar-refractivity contribution in [1.82, 2.24) is 19.7 Å². The molecule has 0 radical (unpaired) electrons. The van der Waals surface area contributed by atoms with E-state index in [0.29, 0.717) is 11.5 Å². The highest BCUT2D eigenvalue weighted by molar-refractivity contribution is 7.80. The van der Waals surface area contributed by atoms with Crippen LogP contribution in [0.2, 0.25) is 0 Å². The van der Waals surface area contributed by atoms with Crippen LogP contribution in [0, 0.1) is 13.8 Å². The molecule has 0 bridgehead atoms. The van der Waals surface area contributed by atoms with Gasteiger partial charge in [0.1, 0.15) is 10.7 Å². The number of aromatic nitrogens is 4. The number of hydrogen-bond donors (Lipinski definition) is 2. The van der Waals surface area contributed by atoms with E-state index in [1.807, 2.05) is 11.6 Å². The largest absolute Gasteiger partial charge is 0.388 e. The summed E-state index contributed by atoms with van der Waals surface area (Å²) in [7, 11) is 0. The summed E-state index contributed by atoms with van der Waals surface area (Å²) in [5, 5.41) is 7.63. The number of nitrogens with zero attached hydrogens (tertiary/aromatic N) is 4. The molecular formula is C13H18N6S. The van der Waals surface area contributed by atoms with Crippen molar-refractivity contribution in [3.05, 3.63) is 35.5 Å². The Labute approximate surface area is 123 Å². The minimum atomic E-state index is 0.249. The number of thiocarbonyl (C=S) groups is 1. The van der Waals surface area contributed by atoms with Crippen molar-refractivity contribution < 1.29 is 0 Å². The molecule has 0 amide bonds. The first-order valence-electron chi connectivity index (χ1n) is 6.43. The van der Waals surface area contributed by atoms with Crippen molar-refractivity contribution in [3.8, 4) is 0 Å². The second kappa shape index (κ2) is 6.42. The SMILES string of the molecule is Cc1cc(C)n(CCCNc2nccnc2C(N)=S)n1. The number of aryl methyl sites for hydroxylation is 3. The zero-order valence-electron chi connectivity index (χ0n) is 11.6. The third-order valence-corrected chi connectivity index (χ3v) is 3.07. The van der Waals surface area contributed by atoms with Gasteiger partial charge in [0.25, 0.3) is 0 Å². The standard InChI is InChI=1S/C13H18N6S/c1-9-8-10(2)19(18-9)7-3-4-16-13-11(12(14)20)15-5-6-17-13/h5-6,8H,3-4,7H2,1-2H3,(H2,14,20)(H,16,17). The summed E-state index contributed by atoms with van der Waals surface area (Å²) < 4.78 is 2.00. The smallest absolute Gasteiger partial charge is 0.155 e. The van der Waals surface area contributed by atoms with E-state index in [1.54, 1.807) is 12.4 Å². The van der Waals surface area contributed by atoms with Crippen molar-refractivity contribution in [3.63, 3.8) is 0 Å². The number of anilines is 1. The lowest BCUT2D eigenvalue weighted by Gasteiger charge is -2.09. The molecule has 20 heavy (non-hydrogen) atoms. The van der Waals surface area contributed by atoms with Crippen LogP contribution in [0.25, 0.3) is 0 Å². The van der Waals surface area contributed by atoms with E-state index in [-0.39, 0.29) is 4.99 Å². The van der Waals surface area contributed by atoms with Gasteiger partial charge in [-0.05, 0) is 26.3 Å². The molecule has 0 spiro atoms. The number of nitrogens with one attached hydrogen (secondary N) is 1. The maximum absolute atomic E-state index is 5.61. The molecule has 2 aromatic rings. The highest BCUT2D eigenvalue weighted by Crippen LogP contribution is 2.08. The van der Waals surface area contributed by atoms with Gasteiger partial charge in [-0.3, -0.25) is 4.68 Å². The van der Waals surface area contributed by atoms with E-state index in [9.17, 15) is 0 Å². The first kappa shape index (κ1) is 14.4. The Kier molecular flexibility index (Phi) is 4.62. The predicted octanol–water partition coefficient (Wildman–Crippen LogP) is 1.43. The Morgan fingerprint density at radius 2 is 2.10 bits per heavy atom. The molecule has 106 valence electrons. The second-order valence-corrected chi connectivity index (χ2v) is 4.99. The summed E-state index contributed by atoms with van der Waals surface area (Å²) in [5.41, 5.74) is 8.36. The molecule has 0 fully saturated rings. The van der Waals surface area contributed by atoms with Gasteiger partial charge in [-0.1, -0.05) is 12.2 Å². The topological polar surface area (TPSA) is 81.7 Å². The van der Waals surface area contributed by atoms with Gasteiger partial charge in [-0.15, -0.1) is 0 Å². The van der Waals surface area contributed by atoms with Gasteiger partial charge in [-0.25, -0.2) is 9.97 Å². The summed E-state index contributed by atoms with van der Waals surface area (Å²) in [6, 6.07) is 2.07. The molecule has 0 aliphatic rings. The lowest BCUT2D eigenvalue weighted by atomic mass is 10.3. The fourth-order valence-electron chi connectivity index (χ4n) is 1.98. The van der Waals surface area contributed by atoms with Crippen LogP contribution in [0.4, 0.5) is 5.82 Å². The van der Waals surface area contributed by atoms with Gasteiger partial charge < -0.3 is 11.1 Å². The monoisotopic (exact) mass is 290 g/mol. The minimum absolute atomic E-state index is 0.249. The van der Waals surface area contributed by atoms with Crippen molar-refractivity contribution >= 4 is 23.0 Å². The van der Waals surface area contributed by atoms with Crippen LogP contribution in [-0.4, -0.2) is 31.3 Å². The number of rotatable bonds is 6.